The highest BCUT2D eigenvalue weighted by molar-refractivity contribution is 5.92. The van der Waals surface area contributed by atoms with Crippen molar-refractivity contribution in [2.75, 3.05) is 52.7 Å². The molecule has 65 heavy (non-hydrogen) atoms. The molecule has 4 atom stereocenters. The molecule has 20 heteroatoms. The summed E-state index contributed by atoms with van der Waals surface area (Å²) in [5.41, 5.74) is 1.67. The second-order valence-electron chi connectivity index (χ2n) is 15.0. The van der Waals surface area contributed by atoms with Crippen molar-refractivity contribution in [2.24, 2.45) is 0 Å². The van der Waals surface area contributed by atoms with Gasteiger partial charge in [0.05, 0.1) is 33.0 Å². The number of nitrogens with one attached hydrogen (secondary N) is 6. The van der Waals surface area contributed by atoms with Crippen LogP contribution >= 0.6 is 0 Å². The summed E-state index contributed by atoms with van der Waals surface area (Å²) in [7, 11) is 0. The summed E-state index contributed by atoms with van der Waals surface area (Å²) in [4.78, 5) is 98.6. The molecule has 0 spiro atoms. The van der Waals surface area contributed by atoms with E-state index in [-0.39, 0.29) is 51.2 Å². The summed E-state index contributed by atoms with van der Waals surface area (Å²) in [6.07, 6.45) is 2.50. The molecule has 0 saturated heterocycles. The molecule has 2 aromatic carbocycles. The van der Waals surface area contributed by atoms with Gasteiger partial charge >= 0.3 is 23.9 Å². The first-order chi connectivity index (χ1) is 31.3. The third-order valence-corrected chi connectivity index (χ3v) is 9.76. The number of hydrogen-bond acceptors (Lipinski definition) is 11. The van der Waals surface area contributed by atoms with Crippen molar-refractivity contribution in [3.8, 4) is 0 Å². The Morgan fingerprint density at radius 3 is 1.55 bits per heavy atom. The average molecular weight is 915 g/mol. The quantitative estimate of drug-likeness (QED) is 0.0442. The van der Waals surface area contributed by atoms with E-state index >= 15 is 0 Å². The Kier molecular flexibility index (Phi) is 28.3. The maximum atomic E-state index is 13.8. The van der Waals surface area contributed by atoms with Crippen molar-refractivity contribution < 1.29 is 67.9 Å². The Bertz CT molecular complexity index is 1750. The molecule has 0 fully saturated rings. The molecule has 0 aliphatic heterocycles. The average Bonchev–Trinajstić information content (AvgIpc) is 3.27. The first-order valence-electron chi connectivity index (χ1n) is 22.0. The fraction of sp³-hybridized carbons (Fsp3) is 0.556. The van der Waals surface area contributed by atoms with Crippen LogP contribution in [0.2, 0.25) is 0 Å². The first-order valence-corrected chi connectivity index (χ1v) is 22.0. The summed E-state index contributed by atoms with van der Waals surface area (Å²) in [5.74, 6) is -5.84. The highest BCUT2D eigenvalue weighted by atomic mass is 16.5. The van der Waals surface area contributed by atoms with Crippen LogP contribution in [-0.4, -0.2) is 140 Å². The second kappa shape index (κ2) is 33.4. The van der Waals surface area contributed by atoms with Gasteiger partial charge in [0.25, 0.3) is 0 Å². The van der Waals surface area contributed by atoms with Crippen LogP contribution in [0.1, 0.15) is 82.3 Å². The van der Waals surface area contributed by atoms with Crippen LogP contribution in [0.5, 0.6) is 0 Å². The molecule has 20 nitrogen and oxygen atoms in total. The number of ether oxygens (including phenoxy) is 3. The third kappa shape index (κ3) is 26.3. The zero-order valence-electron chi connectivity index (χ0n) is 37.1. The van der Waals surface area contributed by atoms with E-state index in [0.29, 0.717) is 58.8 Å². The summed E-state index contributed by atoms with van der Waals surface area (Å²) in [6, 6.07) is 12.5. The minimum atomic E-state index is -1.55. The number of urea groups is 1. The first kappa shape index (κ1) is 55.0. The van der Waals surface area contributed by atoms with E-state index < -0.39 is 78.7 Å². The molecule has 0 aliphatic carbocycles. The van der Waals surface area contributed by atoms with E-state index in [9.17, 15) is 48.6 Å². The van der Waals surface area contributed by atoms with Crippen molar-refractivity contribution in [3.05, 3.63) is 71.8 Å². The SMILES string of the molecule is CCOCCOCCOCCNC(=O)[C@H](Cc1ccccc1)NC(=O)C(Cc1ccccc1)NC(=O)CCCCCCCNC(=O)CC[C@H](NC(=O)N[C@@H](CCC(=O)O)C(=O)O)C(=O)O. The van der Waals surface area contributed by atoms with Gasteiger partial charge in [-0.05, 0) is 43.7 Å². The Morgan fingerprint density at radius 2 is 1.00 bits per heavy atom. The van der Waals surface area contributed by atoms with E-state index in [2.05, 4.69) is 26.6 Å². The number of carboxylic acids is 3. The normalized spacial score (nSPS) is 12.7. The lowest BCUT2D eigenvalue weighted by atomic mass is 10.0. The number of unbranched alkanes of at least 4 members (excludes halogenated alkanes) is 4. The van der Waals surface area contributed by atoms with Crippen molar-refractivity contribution in [3.63, 3.8) is 0 Å². The van der Waals surface area contributed by atoms with Gasteiger partial charge < -0.3 is 61.4 Å². The Labute approximate surface area is 379 Å². The van der Waals surface area contributed by atoms with Crippen LogP contribution in [0.15, 0.2) is 60.7 Å². The third-order valence-electron chi connectivity index (χ3n) is 9.76. The van der Waals surface area contributed by atoms with Crippen molar-refractivity contribution in [1.82, 2.24) is 31.9 Å². The maximum Gasteiger partial charge on any atom is 0.326 e. The number of carbonyl (C=O) groups excluding carboxylic acids is 5. The number of benzene rings is 2. The molecule has 0 saturated carbocycles. The minimum Gasteiger partial charge on any atom is -0.481 e. The molecule has 0 aliphatic rings. The molecular weight excluding hydrogens is 849 g/mol. The standard InChI is InChI=1S/C45H66N6O14/c1-2-63-26-27-65-29-28-64-25-24-47-41(56)36(30-32-14-8-6-9-15-32)49-42(57)37(31-33-16-10-7-11-17-33)48-39(53)18-12-4-3-5-13-23-46-38(52)21-19-34(43(58)59)50-45(62)51-35(44(60)61)20-22-40(54)55/h6-11,14-17,34-37H,2-5,12-13,18-31H2,1H3,(H,46,52)(H,47,56)(H,48,53)(H,49,57)(H,54,55)(H,58,59)(H,60,61)(H2,50,51,62)/t34-,35-,36-,37?/m0/s1. The van der Waals surface area contributed by atoms with Gasteiger partial charge in [-0.15, -0.1) is 0 Å². The van der Waals surface area contributed by atoms with Gasteiger partial charge in [-0.25, -0.2) is 14.4 Å². The van der Waals surface area contributed by atoms with E-state index in [1.807, 2.05) is 72.9 Å². The van der Waals surface area contributed by atoms with E-state index in [4.69, 9.17) is 19.3 Å². The molecule has 360 valence electrons. The summed E-state index contributed by atoms with van der Waals surface area (Å²) >= 11 is 0. The van der Waals surface area contributed by atoms with Gasteiger partial charge in [-0.1, -0.05) is 79.9 Å². The molecule has 6 amide bonds. The molecule has 9 N–H and O–H groups in total. The number of hydrogen-bond donors (Lipinski definition) is 9. The zero-order chi connectivity index (χ0) is 47.7. The van der Waals surface area contributed by atoms with Gasteiger partial charge in [-0.3, -0.25) is 24.0 Å². The highest BCUT2D eigenvalue weighted by Gasteiger charge is 2.28. The molecular formula is C45H66N6O14. The van der Waals surface area contributed by atoms with Crippen LogP contribution < -0.4 is 31.9 Å². The second-order valence-corrected chi connectivity index (χ2v) is 15.0. The number of carboxylic acid groups (broad SMARTS) is 3. The number of amides is 6. The largest absolute Gasteiger partial charge is 0.481 e. The molecule has 0 heterocycles. The smallest absolute Gasteiger partial charge is 0.326 e. The van der Waals surface area contributed by atoms with Gasteiger partial charge in [0, 0.05) is 51.8 Å². The zero-order valence-corrected chi connectivity index (χ0v) is 37.1. The summed E-state index contributed by atoms with van der Waals surface area (Å²) < 4.78 is 16.2. The van der Waals surface area contributed by atoms with E-state index in [1.54, 1.807) is 0 Å². The monoisotopic (exact) mass is 914 g/mol. The Hall–Kier alpha value is -6.12. The lowest BCUT2D eigenvalue weighted by molar-refractivity contribution is -0.141. The summed E-state index contributed by atoms with van der Waals surface area (Å²) in [5, 5.41) is 42.8. The fourth-order valence-corrected chi connectivity index (χ4v) is 6.28. The molecule has 2 rings (SSSR count). The van der Waals surface area contributed by atoms with Crippen molar-refractivity contribution in [2.45, 2.75) is 108 Å². The predicted molar refractivity (Wildman–Crippen MR) is 237 cm³/mol. The van der Waals surface area contributed by atoms with Crippen LogP contribution in [0.3, 0.4) is 0 Å². The van der Waals surface area contributed by atoms with Crippen molar-refractivity contribution in [1.29, 1.82) is 0 Å². The molecule has 1 unspecified atom stereocenters. The van der Waals surface area contributed by atoms with Gasteiger partial charge in [0.2, 0.25) is 23.6 Å². The van der Waals surface area contributed by atoms with Crippen molar-refractivity contribution >= 4 is 47.6 Å². The van der Waals surface area contributed by atoms with Crippen LogP contribution in [0.25, 0.3) is 0 Å². The fourth-order valence-electron chi connectivity index (χ4n) is 6.28. The number of rotatable bonds is 36. The topological polar surface area (TPSA) is 297 Å². The van der Waals surface area contributed by atoms with Gasteiger partial charge in [0.15, 0.2) is 0 Å². The van der Waals surface area contributed by atoms with Gasteiger partial charge in [0.1, 0.15) is 24.2 Å². The minimum absolute atomic E-state index is 0.164. The molecule has 2 aromatic rings. The van der Waals surface area contributed by atoms with Crippen LogP contribution in [-0.2, 0) is 60.6 Å². The maximum absolute atomic E-state index is 13.8. The number of aliphatic carboxylic acids is 3. The van der Waals surface area contributed by atoms with Crippen LogP contribution in [0.4, 0.5) is 4.79 Å². The predicted octanol–water partition coefficient (Wildman–Crippen LogP) is 1.93. The lowest BCUT2D eigenvalue weighted by Crippen LogP contribution is -2.55. The summed E-state index contributed by atoms with van der Waals surface area (Å²) in [6.45, 7) is 5.02. The lowest BCUT2D eigenvalue weighted by Gasteiger charge is -2.23. The molecule has 0 radical (unpaired) electrons. The van der Waals surface area contributed by atoms with E-state index in [1.165, 1.54) is 0 Å². The highest BCUT2D eigenvalue weighted by Crippen LogP contribution is 2.10. The molecule has 0 bridgehead atoms. The Balaban J connectivity index is 1.80. The molecule has 0 aromatic heterocycles. The van der Waals surface area contributed by atoms with E-state index in [0.717, 1.165) is 24.0 Å². The van der Waals surface area contributed by atoms with Crippen LogP contribution in [0, 0.1) is 0 Å². The Morgan fingerprint density at radius 1 is 0.492 bits per heavy atom. The number of carbonyl (C=O) groups is 8. The van der Waals surface area contributed by atoms with Gasteiger partial charge in [-0.2, -0.15) is 0 Å².